The van der Waals surface area contributed by atoms with Gasteiger partial charge in [0.15, 0.2) is 0 Å². The number of hydrogen-bond acceptors (Lipinski definition) is 4. The topological polar surface area (TPSA) is 96.5 Å². The van der Waals surface area contributed by atoms with Crippen molar-refractivity contribution in [1.82, 2.24) is 14.8 Å². The number of carbonyl (C=O) groups excluding carboxylic acids is 3. The molecule has 25 heavy (non-hydrogen) atoms. The Bertz CT molecular complexity index is 786. The quantitative estimate of drug-likeness (QED) is 0.429. The molecule has 2 atom stereocenters. The van der Waals surface area contributed by atoms with Crippen molar-refractivity contribution in [2.45, 2.75) is 25.9 Å². The summed E-state index contributed by atoms with van der Waals surface area (Å²) < 4.78 is 0. The number of nitrogens with zero attached hydrogens (tertiary/aromatic N) is 2. The van der Waals surface area contributed by atoms with Gasteiger partial charge in [-0.25, -0.2) is 0 Å². The number of piperazine rings is 1. The first-order valence-corrected chi connectivity index (χ1v) is 7.79. The Morgan fingerprint density at radius 2 is 1.68 bits per heavy atom. The van der Waals surface area contributed by atoms with E-state index in [-0.39, 0.29) is 82.5 Å². The molecule has 1 aromatic carbocycles. The minimum atomic E-state index is -1.72. The predicted molar refractivity (Wildman–Crippen MR) is 85.0 cm³/mol. The van der Waals surface area contributed by atoms with Crippen molar-refractivity contribution in [3.05, 3.63) is 36.0 Å². The smallest absolute Gasteiger partial charge is 0.540 e. The molecule has 0 unspecified atom stereocenters. The second kappa shape index (κ2) is 8.01. The first-order valence-electron chi connectivity index (χ1n) is 7.79. The van der Waals surface area contributed by atoms with E-state index in [0.29, 0.717) is 5.69 Å². The van der Waals surface area contributed by atoms with Gasteiger partial charge in [0.1, 0.15) is 11.7 Å². The average Bonchev–Trinajstić information content (AvgIpc) is 2.99. The van der Waals surface area contributed by atoms with Crippen LogP contribution in [-0.4, -0.2) is 57.7 Å². The van der Waals surface area contributed by atoms with Crippen LogP contribution in [0.1, 0.15) is 24.3 Å². The zero-order chi connectivity index (χ0) is 17.4. The molecule has 0 bridgehead atoms. The van der Waals surface area contributed by atoms with Gasteiger partial charge in [-0.3, -0.25) is 9.59 Å². The third-order valence-electron chi connectivity index (χ3n) is 4.44. The Hall–Kier alpha value is -1.19. The molecule has 0 radical (unpaired) electrons. The predicted octanol–water partition coefficient (Wildman–Crippen LogP) is -3.02. The molecule has 8 heteroatoms. The zero-order valence-electron chi connectivity index (χ0n) is 14.5. The minimum absolute atomic E-state index is 0. The maximum Gasteiger partial charge on any atom is 1.00 e. The average molecular weight is 367 g/mol. The van der Waals surface area contributed by atoms with Crippen molar-refractivity contribution in [2.24, 2.45) is 0 Å². The fraction of sp³-hybridized carbons (Fsp3) is 0.353. The van der Waals surface area contributed by atoms with Gasteiger partial charge in [-0.15, -0.1) is 0 Å². The number of rotatable bonds is 1. The molecule has 126 valence electrons. The van der Waals surface area contributed by atoms with Gasteiger partial charge in [0.05, 0.1) is 0 Å². The summed E-state index contributed by atoms with van der Waals surface area (Å²) in [6.07, 6.45) is 0. The summed E-state index contributed by atoms with van der Waals surface area (Å²) in [5, 5.41) is 11.8. The number of aliphatic carboxylic acids is 1. The summed E-state index contributed by atoms with van der Waals surface area (Å²) in [5.74, 6) is -2.91. The van der Waals surface area contributed by atoms with Crippen LogP contribution in [0, 0.1) is 0 Å². The van der Waals surface area contributed by atoms with Crippen LogP contribution < -0.4 is 56.5 Å². The number of carboxylic acid groups (broad SMARTS) is 1. The van der Waals surface area contributed by atoms with Gasteiger partial charge in [-0.2, -0.15) is 0 Å². The second-order valence-corrected chi connectivity index (χ2v) is 6.17. The van der Waals surface area contributed by atoms with E-state index in [1.807, 2.05) is 24.3 Å². The molecule has 2 aromatic rings. The third kappa shape index (κ3) is 3.98. The van der Waals surface area contributed by atoms with Gasteiger partial charge in [-0.1, -0.05) is 18.2 Å². The number of aromatic amines is 1. The van der Waals surface area contributed by atoms with E-state index < -0.39 is 11.9 Å². The number of benzene rings is 1. The maximum absolute atomic E-state index is 12.8. The number of nitrogens with one attached hydrogen (secondary N) is 1. The summed E-state index contributed by atoms with van der Waals surface area (Å²) in [4.78, 5) is 41.3. The van der Waals surface area contributed by atoms with Crippen molar-refractivity contribution < 1.29 is 70.9 Å². The summed E-state index contributed by atoms with van der Waals surface area (Å²) in [6, 6.07) is 8.73. The number of para-hydroxylation sites is 1. The maximum atomic E-state index is 12.8. The number of carbonyl (C=O) groups is 3. The van der Waals surface area contributed by atoms with Gasteiger partial charge >= 0.3 is 51.4 Å². The summed E-state index contributed by atoms with van der Waals surface area (Å²) in [6.45, 7) is 3.95. The molecule has 0 aliphatic carbocycles. The monoisotopic (exact) mass is 367 g/mol. The number of aromatic nitrogens is 1. The standard InChI is InChI=1S/C17H19N3O4.K/c1-10-9-20(16(22)17(23)24)11(2)8-19(10)15(21)14-7-12-5-3-4-6-13(12)18-14;/h3-7,10-11,18H,8-9H2,1-2H3,(H,23,24);/q;+1/p-1/t10-,11+;/m1./s1. The number of carboxylic acids is 1. The van der Waals surface area contributed by atoms with Crippen LogP contribution >= 0.6 is 0 Å². The third-order valence-corrected chi connectivity index (χ3v) is 4.44. The van der Waals surface area contributed by atoms with Crippen molar-refractivity contribution in [3.8, 4) is 0 Å². The molecule has 1 aliphatic heterocycles. The van der Waals surface area contributed by atoms with Crippen molar-refractivity contribution in [2.75, 3.05) is 13.1 Å². The Kier molecular flexibility index (Phi) is 6.44. The molecule has 1 N–H and O–H groups in total. The molecular weight excluding hydrogens is 349 g/mol. The van der Waals surface area contributed by atoms with Crippen molar-refractivity contribution in [1.29, 1.82) is 0 Å². The van der Waals surface area contributed by atoms with Crippen LogP contribution in [0.15, 0.2) is 30.3 Å². The normalized spacial score (nSPS) is 20.2. The van der Waals surface area contributed by atoms with Gasteiger partial charge in [-0.05, 0) is 26.0 Å². The van der Waals surface area contributed by atoms with Gasteiger partial charge in [0.2, 0.25) is 0 Å². The minimum Gasteiger partial charge on any atom is -0.540 e. The molecule has 1 aliphatic rings. The van der Waals surface area contributed by atoms with Crippen LogP contribution in [0.4, 0.5) is 0 Å². The van der Waals surface area contributed by atoms with E-state index in [9.17, 15) is 19.5 Å². The van der Waals surface area contributed by atoms with E-state index in [0.717, 1.165) is 10.9 Å². The molecule has 0 spiro atoms. The number of H-pyrrole nitrogens is 1. The number of fused-ring (bicyclic) bond motifs is 1. The van der Waals surface area contributed by atoms with Gasteiger partial charge in [0.25, 0.3) is 11.8 Å². The van der Waals surface area contributed by atoms with E-state index in [2.05, 4.69) is 4.98 Å². The van der Waals surface area contributed by atoms with Crippen molar-refractivity contribution in [3.63, 3.8) is 0 Å². The van der Waals surface area contributed by atoms with Gasteiger partial charge < -0.3 is 24.7 Å². The molecule has 7 nitrogen and oxygen atoms in total. The first-order chi connectivity index (χ1) is 11.4. The number of amides is 2. The molecule has 3 rings (SSSR count). The Morgan fingerprint density at radius 1 is 1.08 bits per heavy atom. The van der Waals surface area contributed by atoms with E-state index in [1.165, 1.54) is 4.90 Å². The fourth-order valence-corrected chi connectivity index (χ4v) is 3.15. The largest absolute Gasteiger partial charge is 1.00 e. The molecule has 1 fully saturated rings. The summed E-state index contributed by atoms with van der Waals surface area (Å²) in [7, 11) is 0. The van der Waals surface area contributed by atoms with Crippen molar-refractivity contribution >= 4 is 28.7 Å². The Balaban J connectivity index is 0.00000225. The zero-order valence-corrected chi connectivity index (χ0v) is 17.6. The van der Waals surface area contributed by atoms with E-state index in [1.54, 1.807) is 24.8 Å². The van der Waals surface area contributed by atoms with Crippen LogP contribution in [0.5, 0.6) is 0 Å². The summed E-state index contributed by atoms with van der Waals surface area (Å²) in [5.41, 5.74) is 1.36. The second-order valence-electron chi connectivity index (χ2n) is 6.17. The molecular formula is C17H18KN3O4. The Labute approximate surface area is 187 Å². The molecule has 2 amide bonds. The molecule has 1 saturated heterocycles. The van der Waals surface area contributed by atoms with Crippen LogP contribution in [0.25, 0.3) is 10.9 Å². The van der Waals surface area contributed by atoms with Crippen LogP contribution in [0.2, 0.25) is 0 Å². The van der Waals surface area contributed by atoms with E-state index in [4.69, 9.17) is 0 Å². The molecule has 0 saturated carbocycles. The molecule has 2 heterocycles. The van der Waals surface area contributed by atoms with E-state index >= 15 is 0 Å². The fourth-order valence-electron chi connectivity index (χ4n) is 3.15. The first kappa shape index (κ1) is 20.1. The summed E-state index contributed by atoms with van der Waals surface area (Å²) >= 11 is 0. The van der Waals surface area contributed by atoms with Crippen LogP contribution in [0.3, 0.4) is 0 Å². The molecule has 1 aromatic heterocycles. The number of hydrogen-bond donors (Lipinski definition) is 1. The Morgan fingerprint density at radius 3 is 2.32 bits per heavy atom. The van der Waals surface area contributed by atoms with Crippen LogP contribution in [-0.2, 0) is 9.59 Å². The SMILES string of the molecule is C[C@@H]1CN(C(=O)C(=O)[O-])[C@@H](C)CN1C(=O)c1cc2ccccc2[nH]1.[K+]. The van der Waals surface area contributed by atoms with Gasteiger partial charge in [0, 0.05) is 36.1 Å².